The highest BCUT2D eigenvalue weighted by Crippen LogP contribution is 2.09. The number of unbranched alkanes of at least 4 members (excludes halogenated alkanes) is 1. The van der Waals surface area contributed by atoms with Gasteiger partial charge in [-0.3, -0.25) is 4.79 Å². The molecule has 1 heteroatoms. The molecule has 0 aliphatic rings. The fraction of sp³-hybridized carbons (Fsp3) is 0.462. The van der Waals surface area contributed by atoms with Crippen molar-refractivity contribution in [1.82, 2.24) is 0 Å². The van der Waals surface area contributed by atoms with E-state index >= 15 is 0 Å². The van der Waals surface area contributed by atoms with Crippen LogP contribution in [-0.2, 0) is 6.42 Å². The Morgan fingerprint density at radius 2 is 1.79 bits per heavy atom. The summed E-state index contributed by atoms with van der Waals surface area (Å²) in [5.74, 6) is 0.273. The fourth-order valence-corrected chi connectivity index (χ4v) is 1.41. The van der Waals surface area contributed by atoms with E-state index in [4.69, 9.17) is 0 Å². The summed E-state index contributed by atoms with van der Waals surface area (Å²) in [6.45, 7) is 4.22. The Labute approximate surface area is 86.1 Å². The van der Waals surface area contributed by atoms with Crippen LogP contribution in [0.15, 0.2) is 24.3 Å². The number of benzene rings is 1. The van der Waals surface area contributed by atoms with Crippen molar-refractivity contribution in [1.29, 1.82) is 0 Å². The van der Waals surface area contributed by atoms with Crippen LogP contribution in [0.25, 0.3) is 0 Å². The Kier molecular flexibility index (Phi) is 4.37. The maximum absolute atomic E-state index is 11.6. The second-order valence-corrected chi connectivity index (χ2v) is 3.58. The summed E-state index contributed by atoms with van der Waals surface area (Å²) in [5.41, 5.74) is 2.15. The van der Waals surface area contributed by atoms with E-state index in [9.17, 15) is 4.79 Å². The van der Waals surface area contributed by atoms with E-state index in [2.05, 4.69) is 13.8 Å². The number of Topliss-reactive ketones (excluding diaryl/α,β-unsaturated/α-hetero) is 1. The zero-order chi connectivity index (χ0) is 10.4. The molecule has 0 aliphatic heterocycles. The van der Waals surface area contributed by atoms with Gasteiger partial charge in [-0.25, -0.2) is 0 Å². The highest BCUT2D eigenvalue weighted by molar-refractivity contribution is 5.96. The van der Waals surface area contributed by atoms with Gasteiger partial charge < -0.3 is 0 Å². The van der Waals surface area contributed by atoms with Crippen molar-refractivity contribution in [3.63, 3.8) is 0 Å². The van der Waals surface area contributed by atoms with Gasteiger partial charge in [0.2, 0.25) is 0 Å². The second-order valence-electron chi connectivity index (χ2n) is 3.58. The molecule has 0 saturated heterocycles. The maximum Gasteiger partial charge on any atom is 0.162 e. The zero-order valence-electron chi connectivity index (χ0n) is 9.05. The quantitative estimate of drug-likeness (QED) is 0.648. The fourth-order valence-electron chi connectivity index (χ4n) is 1.41. The van der Waals surface area contributed by atoms with Crippen molar-refractivity contribution in [3.8, 4) is 0 Å². The molecule has 0 amide bonds. The number of rotatable bonds is 5. The van der Waals surface area contributed by atoms with E-state index in [1.165, 1.54) is 5.56 Å². The van der Waals surface area contributed by atoms with Crippen LogP contribution >= 0.6 is 0 Å². The molecular weight excluding hydrogens is 172 g/mol. The monoisotopic (exact) mass is 190 g/mol. The van der Waals surface area contributed by atoms with Crippen molar-refractivity contribution in [2.45, 2.75) is 39.5 Å². The molecule has 0 spiro atoms. The van der Waals surface area contributed by atoms with Crippen molar-refractivity contribution < 1.29 is 4.79 Å². The lowest BCUT2D eigenvalue weighted by Crippen LogP contribution is -1.98. The maximum atomic E-state index is 11.6. The molecule has 76 valence electrons. The first-order valence-electron chi connectivity index (χ1n) is 5.40. The molecule has 0 bridgehead atoms. The Morgan fingerprint density at radius 3 is 2.29 bits per heavy atom. The van der Waals surface area contributed by atoms with Gasteiger partial charge in [0, 0.05) is 12.0 Å². The summed E-state index contributed by atoms with van der Waals surface area (Å²) < 4.78 is 0. The smallest absolute Gasteiger partial charge is 0.162 e. The predicted octanol–water partition coefficient (Wildman–Crippen LogP) is 3.62. The first kappa shape index (κ1) is 11.0. The second kappa shape index (κ2) is 5.58. The first-order valence-corrected chi connectivity index (χ1v) is 5.40. The lowest BCUT2D eigenvalue weighted by atomic mass is 10.0. The van der Waals surface area contributed by atoms with Gasteiger partial charge in [-0.15, -0.1) is 0 Å². The Bertz CT molecular complexity index is 285. The van der Waals surface area contributed by atoms with Crippen LogP contribution < -0.4 is 0 Å². The van der Waals surface area contributed by atoms with Crippen LogP contribution in [0.4, 0.5) is 0 Å². The van der Waals surface area contributed by atoms with E-state index in [0.717, 1.165) is 24.8 Å². The highest BCUT2D eigenvalue weighted by Gasteiger charge is 2.03. The molecule has 0 saturated carbocycles. The average Bonchev–Trinajstić information content (AvgIpc) is 2.26. The molecule has 0 atom stereocenters. The third-order valence-corrected chi connectivity index (χ3v) is 2.44. The summed E-state index contributed by atoms with van der Waals surface area (Å²) in [6, 6.07) is 7.96. The first-order chi connectivity index (χ1) is 6.77. The molecule has 0 N–H and O–H groups in total. The minimum absolute atomic E-state index is 0.273. The van der Waals surface area contributed by atoms with Crippen molar-refractivity contribution in [3.05, 3.63) is 35.4 Å². The number of ketones is 1. The molecule has 1 nitrogen and oxygen atoms in total. The van der Waals surface area contributed by atoms with Crippen LogP contribution in [0.1, 0.15) is 49.0 Å². The van der Waals surface area contributed by atoms with Crippen molar-refractivity contribution in [2.24, 2.45) is 0 Å². The Balaban J connectivity index is 2.62. The number of hydrogen-bond acceptors (Lipinski definition) is 1. The van der Waals surface area contributed by atoms with Gasteiger partial charge in [0.25, 0.3) is 0 Å². The standard InChI is InChI=1S/C13H18O/c1-3-5-6-13(14)12-9-7-11(4-2)8-10-12/h7-10H,3-6H2,1-2H3. The van der Waals surface area contributed by atoms with E-state index in [1.807, 2.05) is 24.3 Å². The summed E-state index contributed by atoms with van der Waals surface area (Å²) in [7, 11) is 0. The van der Waals surface area contributed by atoms with Crippen LogP contribution in [0.5, 0.6) is 0 Å². The van der Waals surface area contributed by atoms with Crippen LogP contribution in [0.3, 0.4) is 0 Å². The topological polar surface area (TPSA) is 17.1 Å². The van der Waals surface area contributed by atoms with Crippen LogP contribution in [0, 0.1) is 0 Å². The third kappa shape index (κ3) is 2.99. The van der Waals surface area contributed by atoms with Crippen LogP contribution in [-0.4, -0.2) is 5.78 Å². The minimum Gasteiger partial charge on any atom is -0.294 e. The summed E-state index contributed by atoms with van der Waals surface area (Å²) in [5, 5.41) is 0. The van der Waals surface area contributed by atoms with Gasteiger partial charge in [-0.05, 0) is 18.4 Å². The van der Waals surface area contributed by atoms with E-state index in [0.29, 0.717) is 6.42 Å². The SMILES string of the molecule is CCCCC(=O)c1ccc(CC)cc1. The van der Waals surface area contributed by atoms with E-state index in [-0.39, 0.29) is 5.78 Å². The predicted molar refractivity (Wildman–Crippen MR) is 59.7 cm³/mol. The van der Waals surface area contributed by atoms with E-state index < -0.39 is 0 Å². The number of carbonyl (C=O) groups is 1. The lowest BCUT2D eigenvalue weighted by Gasteiger charge is -2.01. The number of hydrogen-bond donors (Lipinski definition) is 0. The van der Waals surface area contributed by atoms with Gasteiger partial charge in [0.05, 0.1) is 0 Å². The molecular formula is C13H18O. The minimum atomic E-state index is 0.273. The summed E-state index contributed by atoms with van der Waals surface area (Å²) in [4.78, 5) is 11.6. The number of aryl methyl sites for hydroxylation is 1. The molecule has 0 unspecified atom stereocenters. The van der Waals surface area contributed by atoms with Crippen molar-refractivity contribution in [2.75, 3.05) is 0 Å². The Hall–Kier alpha value is -1.11. The molecule has 1 rings (SSSR count). The van der Waals surface area contributed by atoms with Gasteiger partial charge in [-0.2, -0.15) is 0 Å². The molecule has 0 aromatic heterocycles. The van der Waals surface area contributed by atoms with Crippen LogP contribution in [0.2, 0.25) is 0 Å². The normalized spacial score (nSPS) is 10.1. The van der Waals surface area contributed by atoms with Gasteiger partial charge >= 0.3 is 0 Å². The third-order valence-electron chi connectivity index (χ3n) is 2.44. The Morgan fingerprint density at radius 1 is 1.14 bits per heavy atom. The average molecular weight is 190 g/mol. The summed E-state index contributed by atoms with van der Waals surface area (Å²) >= 11 is 0. The van der Waals surface area contributed by atoms with Gasteiger partial charge in [-0.1, -0.05) is 44.5 Å². The summed E-state index contributed by atoms with van der Waals surface area (Å²) in [6.07, 6.45) is 3.79. The molecule has 0 radical (unpaired) electrons. The molecule has 1 aromatic carbocycles. The molecule has 0 fully saturated rings. The molecule has 14 heavy (non-hydrogen) atoms. The highest BCUT2D eigenvalue weighted by atomic mass is 16.1. The van der Waals surface area contributed by atoms with Crippen molar-refractivity contribution >= 4 is 5.78 Å². The van der Waals surface area contributed by atoms with Gasteiger partial charge in [0.15, 0.2) is 5.78 Å². The zero-order valence-corrected chi connectivity index (χ0v) is 9.05. The molecule has 1 aromatic rings. The largest absolute Gasteiger partial charge is 0.294 e. The van der Waals surface area contributed by atoms with E-state index in [1.54, 1.807) is 0 Å². The molecule has 0 aliphatic carbocycles. The van der Waals surface area contributed by atoms with Gasteiger partial charge in [0.1, 0.15) is 0 Å². The lowest BCUT2D eigenvalue weighted by molar-refractivity contribution is 0.0980. The molecule has 0 heterocycles. The number of carbonyl (C=O) groups excluding carboxylic acids is 1.